The molecule has 0 aliphatic carbocycles. The second-order valence-corrected chi connectivity index (χ2v) is 6.17. The fraction of sp³-hybridized carbons (Fsp3) is 0.389. The Hall–Kier alpha value is -2.63. The SMILES string of the molecule is Cc1ccnc(N2CCC(COc3ccnc(C(N)=O)c3)CC2)c1. The van der Waals surface area contributed by atoms with Gasteiger partial charge < -0.3 is 15.4 Å². The van der Waals surface area contributed by atoms with E-state index < -0.39 is 5.91 Å². The summed E-state index contributed by atoms with van der Waals surface area (Å²) in [5.41, 5.74) is 6.69. The number of nitrogens with zero attached hydrogens (tertiary/aromatic N) is 3. The van der Waals surface area contributed by atoms with E-state index in [4.69, 9.17) is 10.5 Å². The average Bonchev–Trinajstić information content (AvgIpc) is 2.61. The molecule has 2 N–H and O–H groups in total. The number of pyridine rings is 2. The van der Waals surface area contributed by atoms with Crippen LogP contribution in [0.4, 0.5) is 5.82 Å². The van der Waals surface area contributed by atoms with Gasteiger partial charge in [0.15, 0.2) is 0 Å². The molecule has 1 saturated heterocycles. The van der Waals surface area contributed by atoms with Crippen molar-refractivity contribution in [3.05, 3.63) is 47.9 Å². The van der Waals surface area contributed by atoms with Crippen molar-refractivity contribution in [1.82, 2.24) is 9.97 Å². The summed E-state index contributed by atoms with van der Waals surface area (Å²) in [6.07, 6.45) is 5.52. The first-order valence-corrected chi connectivity index (χ1v) is 8.18. The lowest BCUT2D eigenvalue weighted by Gasteiger charge is -2.32. The zero-order chi connectivity index (χ0) is 16.9. The number of amides is 1. The maximum Gasteiger partial charge on any atom is 0.267 e. The fourth-order valence-corrected chi connectivity index (χ4v) is 2.87. The molecule has 3 rings (SSSR count). The first-order chi connectivity index (χ1) is 11.6. The second kappa shape index (κ2) is 7.29. The van der Waals surface area contributed by atoms with E-state index in [0.717, 1.165) is 31.7 Å². The number of carbonyl (C=O) groups is 1. The highest BCUT2D eigenvalue weighted by molar-refractivity contribution is 5.91. The fourth-order valence-electron chi connectivity index (χ4n) is 2.87. The van der Waals surface area contributed by atoms with Gasteiger partial charge >= 0.3 is 0 Å². The molecule has 1 fully saturated rings. The van der Waals surface area contributed by atoms with E-state index in [-0.39, 0.29) is 5.69 Å². The number of rotatable bonds is 5. The Morgan fingerprint density at radius 3 is 2.71 bits per heavy atom. The monoisotopic (exact) mass is 326 g/mol. The first-order valence-electron chi connectivity index (χ1n) is 8.18. The topological polar surface area (TPSA) is 81.3 Å². The predicted molar refractivity (Wildman–Crippen MR) is 92.2 cm³/mol. The highest BCUT2D eigenvalue weighted by atomic mass is 16.5. The summed E-state index contributed by atoms with van der Waals surface area (Å²) in [6.45, 7) is 4.68. The van der Waals surface area contributed by atoms with E-state index in [2.05, 4.69) is 27.9 Å². The predicted octanol–water partition coefficient (Wildman–Crippen LogP) is 2.18. The molecule has 0 bridgehead atoms. The molecule has 0 unspecified atom stereocenters. The molecule has 1 aliphatic heterocycles. The van der Waals surface area contributed by atoms with Crippen LogP contribution in [0.2, 0.25) is 0 Å². The number of aromatic nitrogens is 2. The molecule has 1 aliphatic rings. The maximum absolute atomic E-state index is 11.1. The Morgan fingerprint density at radius 2 is 2.00 bits per heavy atom. The van der Waals surface area contributed by atoms with Gasteiger partial charge in [0.05, 0.1) is 6.61 Å². The van der Waals surface area contributed by atoms with Gasteiger partial charge in [0.25, 0.3) is 5.91 Å². The number of aryl methyl sites for hydroxylation is 1. The summed E-state index contributed by atoms with van der Waals surface area (Å²) in [7, 11) is 0. The molecule has 0 aromatic carbocycles. The van der Waals surface area contributed by atoms with Crippen molar-refractivity contribution in [1.29, 1.82) is 0 Å². The van der Waals surface area contributed by atoms with Crippen LogP contribution in [0.3, 0.4) is 0 Å². The van der Waals surface area contributed by atoms with Crippen LogP contribution in [0.15, 0.2) is 36.7 Å². The van der Waals surface area contributed by atoms with E-state index in [1.54, 1.807) is 18.3 Å². The minimum Gasteiger partial charge on any atom is -0.493 e. The van der Waals surface area contributed by atoms with Gasteiger partial charge in [-0.2, -0.15) is 0 Å². The van der Waals surface area contributed by atoms with Crippen molar-refractivity contribution in [3.8, 4) is 5.75 Å². The second-order valence-electron chi connectivity index (χ2n) is 6.17. The van der Waals surface area contributed by atoms with Crippen LogP contribution < -0.4 is 15.4 Å². The zero-order valence-electron chi connectivity index (χ0n) is 13.8. The lowest BCUT2D eigenvalue weighted by Crippen LogP contribution is -2.36. The quantitative estimate of drug-likeness (QED) is 0.911. The molecule has 2 aromatic heterocycles. The lowest BCUT2D eigenvalue weighted by molar-refractivity contribution is 0.0995. The van der Waals surface area contributed by atoms with Gasteiger partial charge in [0.1, 0.15) is 17.3 Å². The van der Waals surface area contributed by atoms with Gasteiger partial charge in [-0.15, -0.1) is 0 Å². The molecular formula is C18H22N4O2. The zero-order valence-corrected chi connectivity index (χ0v) is 13.8. The first kappa shape index (κ1) is 16.2. The Balaban J connectivity index is 1.51. The number of primary amides is 1. The molecule has 6 heteroatoms. The van der Waals surface area contributed by atoms with Gasteiger partial charge in [0, 0.05) is 31.5 Å². The Labute approximate surface area is 141 Å². The smallest absolute Gasteiger partial charge is 0.267 e. The number of nitrogens with two attached hydrogens (primary N) is 1. The van der Waals surface area contributed by atoms with Crippen LogP contribution in [-0.4, -0.2) is 35.6 Å². The van der Waals surface area contributed by atoms with Gasteiger partial charge in [0.2, 0.25) is 0 Å². The van der Waals surface area contributed by atoms with E-state index in [9.17, 15) is 4.79 Å². The van der Waals surface area contributed by atoms with Crippen LogP contribution in [0.25, 0.3) is 0 Å². The summed E-state index contributed by atoms with van der Waals surface area (Å²) in [6, 6.07) is 7.48. The molecule has 126 valence electrons. The highest BCUT2D eigenvalue weighted by Gasteiger charge is 2.20. The number of piperidine rings is 1. The number of hydrogen-bond donors (Lipinski definition) is 1. The normalized spacial score (nSPS) is 15.3. The highest BCUT2D eigenvalue weighted by Crippen LogP contribution is 2.23. The van der Waals surface area contributed by atoms with E-state index in [1.165, 1.54) is 5.56 Å². The third-order valence-corrected chi connectivity index (χ3v) is 4.31. The molecule has 0 atom stereocenters. The van der Waals surface area contributed by atoms with E-state index in [0.29, 0.717) is 18.3 Å². The summed E-state index contributed by atoms with van der Waals surface area (Å²) in [4.78, 5) is 21.8. The Kier molecular flexibility index (Phi) is 4.93. The van der Waals surface area contributed by atoms with Crippen LogP contribution in [-0.2, 0) is 0 Å². The van der Waals surface area contributed by atoms with Crippen LogP contribution in [0.5, 0.6) is 5.75 Å². The molecular weight excluding hydrogens is 304 g/mol. The summed E-state index contributed by atoms with van der Waals surface area (Å²) in [5.74, 6) is 1.65. The van der Waals surface area contributed by atoms with Gasteiger partial charge in [-0.1, -0.05) is 0 Å². The Morgan fingerprint density at radius 1 is 1.25 bits per heavy atom. The summed E-state index contributed by atoms with van der Waals surface area (Å²) >= 11 is 0. The average molecular weight is 326 g/mol. The van der Waals surface area contributed by atoms with Crippen molar-refractivity contribution in [2.75, 3.05) is 24.6 Å². The maximum atomic E-state index is 11.1. The molecule has 0 radical (unpaired) electrons. The number of ether oxygens (including phenoxy) is 1. The minimum atomic E-state index is -0.542. The standard InChI is InChI=1S/C18H22N4O2/c1-13-2-6-21-17(10-13)22-8-4-14(5-9-22)12-24-15-3-7-20-16(11-15)18(19)23/h2-3,6-7,10-11,14H,4-5,8-9,12H2,1H3,(H2,19,23). The number of hydrogen-bond acceptors (Lipinski definition) is 5. The van der Waals surface area contributed by atoms with Gasteiger partial charge in [-0.05, 0) is 49.4 Å². The molecule has 6 nitrogen and oxygen atoms in total. The number of anilines is 1. The molecule has 2 aromatic rings. The van der Waals surface area contributed by atoms with E-state index >= 15 is 0 Å². The van der Waals surface area contributed by atoms with Crippen molar-refractivity contribution in [2.45, 2.75) is 19.8 Å². The molecule has 1 amide bonds. The third-order valence-electron chi connectivity index (χ3n) is 4.31. The third kappa shape index (κ3) is 4.01. The largest absolute Gasteiger partial charge is 0.493 e. The summed E-state index contributed by atoms with van der Waals surface area (Å²) in [5, 5.41) is 0. The van der Waals surface area contributed by atoms with Crippen molar-refractivity contribution in [3.63, 3.8) is 0 Å². The van der Waals surface area contributed by atoms with E-state index in [1.807, 2.05) is 12.3 Å². The van der Waals surface area contributed by atoms with Crippen molar-refractivity contribution in [2.24, 2.45) is 11.7 Å². The van der Waals surface area contributed by atoms with Crippen LogP contribution >= 0.6 is 0 Å². The van der Waals surface area contributed by atoms with Gasteiger partial charge in [-0.3, -0.25) is 9.78 Å². The molecule has 24 heavy (non-hydrogen) atoms. The van der Waals surface area contributed by atoms with Crippen molar-refractivity contribution < 1.29 is 9.53 Å². The minimum absolute atomic E-state index is 0.229. The lowest BCUT2D eigenvalue weighted by atomic mass is 9.98. The Bertz CT molecular complexity index is 712. The molecule has 0 saturated carbocycles. The molecule has 3 heterocycles. The molecule has 0 spiro atoms. The van der Waals surface area contributed by atoms with Gasteiger partial charge in [-0.25, -0.2) is 4.98 Å². The van der Waals surface area contributed by atoms with Crippen LogP contribution in [0, 0.1) is 12.8 Å². The van der Waals surface area contributed by atoms with Crippen LogP contribution in [0.1, 0.15) is 28.9 Å². The van der Waals surface area contributed by atoms with Crippen molar-refractivity contribution >= 4 is 11.7 Å². The number of carbonyl (C=O) groups excluding carboxylic acids is 1. The summed E-state index contributed by atoms with van der Waals surface area (Å²) < 4.78 is 5.81.